The molecule has 132 valence electrons. The van der Waals surface area contributed by atoms with Gasteiger partial charge in [-0.05, 0) is 42.8 Å². The monoisotopic (exact) mass is 370 g/mol. The fourth-order valence-electron chi connectivity index (χ4n) is 2.46. The van der Waals surface area contributed by atoms with Gasteiger partial charge >= 0.3 is 5.97 Å². The maximum absolute atomic E-state index is 12.7. The van der Waals surface area contributed by atoms with Crippen LogP contribution in [0.4, 0.5) is 5.69 Å². The number of aliphatic carboxylic acids is 1. The Balaban J connectivity index is 1.84. The number of anilines is 1. The molecule has 0 saturated heterocycles. The topological polar surface area (TPSA) is 79.2 Å². The molecule has 7 heteroatoms. The number of para-hydroxylation sites is 1. The highest BCUT2D eigenvalue weighted by molar-refractivity contribution is 6.33. The molecular weight excluding hydrogens is 356 g/mol. The van der Waals surface area contributed by atoms with Crippen molar-refractivity contribution in [2.75, 3.05) is 11.6 Å². The molecule has 0 aliphatic carbocycles. The Morgan fingerprint density at radius 2 is 2.00 bits per heavy atom. The van der Waals surface area contributed by atoms with Gasteiger partial charge in [0.15, 0.2) is 6.61 Å². The quantitative estimate of drug-likeness (QED) is 0.815. The Bertz CT molecular complexity index is 922. The molecule has 1 amide bonds. The maximum atomic E-state index is 12.7. The number of carboxylic acids is 1. The number of rotatable bonds is 5. The van der Waals surface area contributed by atoms with E-state index in [-0.39, 0.29) is 16.7 Å². The molecule has 0 bridgehead atoms. The van der Waals surface area contributed by atoms with Crippen LogP contribution in [0.5, 0.6) is 5.75 Å². The number of benzene rings is 2. The molecule has 1 aliphatic heterocycles. The summed E-state index contributed by atoms with van der Waals surface area (Å²) in [5.74, 6) is -1.04. The van der Waals surface area contributed by atoms with Gasteiger partial charge < -0.3 is 9.84 Å². The van der Waals surface area contributed by atoms with Gasteiger partial charge in [0.1, 0.15) is 5.75 Å². The Kier molecular flexibility index (Phi) is 5.04. The minimum atomic E-state index is -1.09. The van der Waals surface area contributed by atoms with Gasteiger partial charge in [-0.15, -0.1) is 0 Å². The van der Waals surface area contributed by atoms with Crippen molar-refractivity contribution < 1.29 is 19.4 Å². The van der Waals surface area contributed by atoms with E-state index >= 15 is 0 Å². The third-order valence-electron chi connectivity index (χ3n) is 3.68. The Morgan fingerprint density at radius 3 is 2.65 bits per heavy atom. The SMILES string of the molecule is CC1=NN(c2ccccc2)C(=O)/C1=C\c1ccc(OCC(=O)O)c(Cl)c1. The normalized spacial score (nSPS) is 15.3. The number of halogens is 1. The Labute approximate surface area is 155 Å². The van der Waals surface area contributed by atoms with E-state index in [9.17, 15) is 9.59 Å². The molecule has 0 unspecified atom stereocenters. The predicted octanol–water partition coefficient (Wildman–Crippen LogP) is 3.61. The number of hydrazone groups is 1. The summed E-state index contributed by atoms with van der Waals surface area (Å²) < 4.78 is 5.09. The lowest BCUT2D eigenvalue weighted by Crippen LogP contribution is -2.21. The summed E-state index contributed by atoms with van der Waals surface area (Å²) >= 11 is 6.12. The zero-order valence-corrected chi connectivity index (χ0v) is 14.6. The molecule has 1 heterocycles. The van der Waals surface area contributed by atoms with Gasteiger partial charge in [-0.3, -0.25) is 4.79 Å². The molecular formula is C19H15ClN2O4. The van der Waals surface area contributed by atoms with E-state index in [0.29, 0.717) is 22.5 Å². The number of hydrogen-bond acceptors (Lipinski definition) is 4. The fraction of sp³-hybridized carbons (Fsp3) is 0.105. The lowest BCUT2D eigenvalue weighted by Gasteiger charge is -2.11. The highest BCUT2D eigenvalue weighted by Gasteiger charge is 2.28. The second kappa shape index (κ2) is 7.41. The van der Waals surface area contributed by atoms with Crippen molar-refractivity contribution in [1.29, 1.82) is 0 Å². The minimum absolute atomic E-state index is 0.226. The van der Waals surface area contributed by atoms with Gasteiger partial charge in [0, 0.05) is 0 Å². The van der Waals surface area contributed by atoms with Gasteiger partial charge in [0.25, 0.3) is 5.91 Å². The number of carbonyl (C=O) groups excluding carboxylic acids is 1. The standard InChI is InChI=1S/C19H15ClN2O4/c1-12-15(19(25)22(21-12)14-5-3-2-4-6-14)9-13-7-8-17(16(20)10-13)26-11-18(23)24/h2-10H,11H2,1H3,(H,23,24)/b15-9-. The summed E-state index contributed by atoms with van der Waals surface area (Å²) in [4.78, 5) is 23.2. The van der Waals surface area contributed by atoms with E-state index in [1.807, 2.05) is 30.3 Å². The van der Waals surface area contributed by atoms with Crippen LogP contribution in [0.3, 0.4) is 0 Å². The van der Waals surface area contributed by atoms with Crippen LogP contribution in [0.25, 0.3) is 6.08 Å². The number of hydrogen-bond donors (Lipinski definition) is 1. The van der Waals surface area contributed by atoms with Crippen molar-refractivity contribution in [3.63, 3.8) is 0 Å². The largest absolute Gasteiger partial charge is 0.480 e. The lowest BCUT2D eigenvalue weighted by atomic mass is 10.1. The first-order valence-electron chi connectivity index (χ1n) is 7.76. The van der Waals surface area contributed by atoms with Gasteiger partial charge in [-0.25, -0.2) is 4.79 Å². The first-order valence-corrected chi connectivity index (χ1v) is 8.14. The summed E-state index contributed by atoms with van der Waals surface area (Å²) in [5, 5.41) is 14.6. The van der Waals surface area contributed by atoms with Crippen molar-refractivity contribution in [1.82, 2.24) is 0 Å². The van der Waals surface area contributed by atoms with Crippen molar-refractivity contribution in [2.45, 2.75) is 6.92 Å². The van der Waals surface area contributed by atoms with Crippen LogP contribution >= 0.6 is 11.6 Å². The number of amides is 1. The van der Waals surface area contributed by atoms with Crippen LogP contribution in [0.2, 0.25) is 5.02 Å². The average molecular weight is 371 g/mol. The predicted molar refractivity (Wildman–Crippen MR) is 99.6 cm³/mol. The van der Waals surface area contributed by atoms with E-state index in [4.69, 9.17) is 21.4 Å². The molecule has 1 N–H and O–H groups in total. The molecule has 0 radical (unpaired) electrons. The first-order chi connectivity index (χ1) is 12.5. The molecule has 0 aromatic heterocycles. The smallest absolute Gasteiger partial charge is 0.341 e. The Hall–Kier alpha value is -3.12. The molecule has 0 saturated carbocycles. The molecule has 0 atom stereocenters. The van der Waals surface area contributed by atoms with Gasteiger partial charge in [-0.2, -0.15) is 10.1 Å². The number of nitrogens with zero attached hydrogens (tertiary/aromatic N) is 2. The van der Waals surface area contributed by atoms with Gasteiger partial charge in [0.05, 0.1) is 22.0 Å². The van der Waals surface area contributed by atoms with E-state index in [0.717, 1.165) is 0 Å². The van der Waals surface area contributed by atoms with Crippen molar-refractivity contribution in [2.24, 2.45) is 5.10 Å². The summed E-state index contributed by atoms with van der Waals surface area (Å²) in [5.41, 5.74) is 2.44. The average Bonchev–Trinajstić information content (AvgIpc) is 2.90. The first kappa shape index (κ1) is 17.7. The molecule has 3 rings (SSSR count). The zero-order chi connectivity index (χ0) is 18.7. The minimum Gasteiger partial charge on any atom is -0.480 e. The van der Waals surface area contributed by atoms with E-state index in [2.05, 4.69) is 5.10 Å². The van der Waals surface area contributed by atoms with Crippen molar-refractivity contribution in [3.8, 4) is 5.75 Å². The lowest BCUT2D eigenvalue weighted by molar-refractivity contribution is -0.139. The molecule has 6 nitrogen and oxygen atoms in total. The van der Waals surface area contributed by atoms with Crippen LogP contribution in [0.15, 0.2) is 59.2 Å². The number of ether oxygens (including phenoxy) is 1. The number of carbonyl (C=O) groups is 2. The third kappa shape index (κ3) is 3.75. The second-order valence-corrected chi connectivity index (χ2v) is 5.98. The maximum Gasteiger partial charge on any atom is 0.341 e. The van der Waals surface area contributed by atoms with E-state index in [1.165, 1.54) is 5.01 Å². The molecule has 26 heavy (non-hydrogen) atoms. The molecule has 1 aliphatic rings. The van der Waals surface area contributed by atoms with Gasteiger partial charge in [-0.1, -0.05) is 35.9 Å². The fourth-order valence-corrected chi connectivity index (χ4v) is 2.70. The summed E-state index contributed by atoms with van der Waals surface area (Å²) in [6.45, 7) is 1.29. The van der Waals surface area contributed by atoms with Crippen LogP contribution in [-0.4, -0.2) is 29.3 Å². The van der Waals surface area contributed by atoms with Crippen LogP contribution in [0.1, 0.15) is 12.5 Å². The zero-order valence-electron chi connectivity index (χ0n) is 13.8. The summed E-state index contributed by atoms with van der Waals surface area (Å²) in [6, 6.07) is 14.0. The van der Waals surface area contributed by atoms with Crippen molar-refractivity contribution in [3.05, 3.63) is 64.7 Å². The highest BCUT2D eigenvalue weighted by Crippen LogP contribution is 2.28. The summed E-state index contributed by atoms with van der Waals surface area (Å²) in [7, 11) is 0. The summed E-state index contributed by atoms with van der Waals surface area (Å²) in [6.07, 6.45) is 1.69. The second-order valence-electron chi connectivity index (χ2n) is 5.57. The van der Waals surface area contributed by atoms with Crippen LogP contribution in [0, 0.1) is 0 Å². The van der Waals surface area contributed by atoms with Gasteiger partial charge in [0.2, 0.25) is 0 Å². The highest BCUT2D eigenvalue weighted by atomic mass is 35.5. The van der Waals surface area contributed by atoms with Crippen molar-refractivity contribution >= 4 is 41.0 Å². The number of carboxylic acid groups (broad SMARTS) is 1. The van der Waals surface area contributed by atoms with Crippen LogP contribution in [-0.2, 0) is 9.59 Å². The third-order valence-corrected chi connectivity index (χ3v) is 3.98. The molecule has 2 aromatic rings. The molecule has 2 aromatic carbocycles. The Morgan fingerprint density at radius 1 is 1.27 bits per heavy atom. The van der Waals surface area contributed by atoms with E-state index in [1.54, 1.807) is 31.2 Å². The van der Waals surface area contributed by atoms with E-state index < -0.39 is 12.6 Å². The van der Waals surface area contributed by atoms with Crippen LogP contribution < -0.4 is 9.75 Å². The molecule has 0 spiro atoms. The molecule has 0 fully saturated rings.